The number of amides is 1. The molecule has 0 saturated heterocycles. The second-order valence-electron chi connectivity index (χ2n) is 3.46. The van der Waals surface area contributed by atoms with Crippen molar-refractivity contribution in [1.29, 1.82) is 0 Å². The number of carbonyl (C=O) groups excluding carboxylic acids is 1. The number of hydrogen-bond acceptors (Lipinski definition) is 5. The Morgan fingerprint density at radius 3 is 2.88 bits per heavy atom. The normalized spacial score (nSPS) is 10.2. The molecule has 6 heteroatoms. The van der Waals surface area contributed by atoms with E-state index in [1.807, 2.05) is 0 Å². The molecule has 0 unspecified atom stereocenters. The van der Waals surface area contributed by atoms with Gasteiger partial charge >= 0.3 is 0 Å². The van der Waals surface area contributed by atoms with Gasteiger partial charge in [-0.15, -0.1) is 5.10 Å². The summed E-state index contributed by atoms with van der Waals surface area (Å²) in [5.74, 6) is -0.251. The number of aromatic nitrogens is 2. The van der Waals surface area contributed by atoms with Gasteiger partial charge in [-0.2, -0.15) is 0 Å². The van der Waals surface area contributed by atoms with E-state index >= 15 is 0 Å². The van der Waals surface area contributed by atoms with Crippen molar-refractivity contribution >= 4 is 23.1 Å². The number of benzene rings is 1. The number of rotatable bonds is 3. The standard InChI is InChI=1S/C11H11N3O2S/c1-7-10(17-14-13-7)11(16)12-9-5-3-2-4-8(9)6-15/h2-5,15H,6H2,1H3,(H,12,16). The molecule has 2 aromatic rings. The van der Waals surface area contributed by atoms with Gasteiger partial charge in [-0.1, -0.05) is 22.7 Å². The monoisotopic (exact) mass is 249 g/mol. The maximum Gasteiger partial charge on any atom is 0.269 e. The molecule has 0 radical (unpaired) electrons. The van der Waals surface area contributed by atoms with E-state index in [1.54, 1.807) is 31.2 Å². The van der Waals surface area contributed by atoms with Crippen LogP contribution in [0.5, 0.6) is 0 Å². The Hall–Kier alpha value is -1.79. The minimum Gasteiger partial charge on any atom is -0.392 e. The first-order chi connectivity index (χ1) is 8.22. The predicted octanol–water partition coefficient (Wildman–Crippen LogP) is 1.59. The van der Waals surface area contributed by atoms with E-state index in [4.69, 9.17) is 5.11 Å². The highest BCUT2D eigenvalue weighted by molar-refractivity contribution is 7.08. The van der Waals surface area contributed by atoms with E-state index in [0.717, 1.165) is 11.5 Å². The third-order valence-electron chi connectivity index (χ3n) is 2.29. The molecule has 2 N–H and O–H groups in total. The van der Waals surface area contributed by atoms with E-state index in [9.17, 15) is 4.79 Å². The summed E-state index contributed by atoms with van der Waals surface area (Å²) in [7, 11) is 0. The second kappa shape index (κ2) is 5.03. The van der Waals surface area contributed by atoms with Gasteiger partial charge in [0.25, 0.3) is 5.91 Å². The SMILES string of the molecule is Cc1nnsc1C(=O)Nc1ccccc1CO. The zero-order valence-electron chi connectivity index (χ0n) is 9.17. The van der Waals surface area contributed by atoms with Gasteiger partial charge in [-0.25, -0.2) is 0 Å². The van der Waals surface area contributed by atoms with Gasteiger partial charge in [0.1, 0.15) is 4.88 Å². The van der Waals surface area contributed by atoms with Crippen LogP contribution in [0, 0.1) is 6.92 Å². The molecule has 88 valence electrons. The van der Waals surface area contributed by atoms with Crippen LogP contribution in [-0.2, 0) is 6.61 Å². The fraction of sp³-hybridized carbons (Fsp3) is 0.182. The largest absolute Gasteiger partial charge is 0.392 e. The van der Waals surface area contributed by atoms with Crippen LogP contribution < -0.4 is 5.32 Å². The lowest BCUT2D eigenvalue weighted by atomic mass is 10.2. The number of para-hydroxylation sites is 1. The number of aryl methyl sites for hydroxylation is 1. The Morgan fingerprint density at radius 1 is 1.47 bits per heavy atom. The maximum absolute atomic E-state index is 11.9. The lowest BCUT2D eigenvalue weighted by molar-refractivity contribution is 0.102. The number of nitrogens with one attached hydrogen (secondary N) is 1. The van der Waals surface area contributed by atoms with Crippen LogP contribution in [0.25, 0.3) is 0 Å². The van der Waals surface area contributed by atoms with Crippen LogP contribution in [0.2, 0.25) is 0 Å². The molecule has 5 nitrogen and oxygen atoms in total. The smallest absolute Gasteiger partial charge is 0.269 e. The van der Waals surface area contributed by atoms with Gasteiger partial charge in [0.15, 0.2) is 0 Å². The van der Waals surface area contributed by atoms with Crippen molar-refractivity contribution in [3.8, 4) is 0 Å². The van der Waals surface area contributed by atoms with Gasteiger partial charge in [-0.3, -0.25) is 4.79 Å². The number of nitrogens with zero attached hydrogens (tertiary/aromatic N) is 2. The Bertz CT molecular complexity index is 539. The van der Waals surface area contributed by atoms with E-state index in [-0.39, 0.29) is 12.5 Å². The van der Waals surface area contributed by atoms with E-state index in [2.05, 4.69) is 14.9 Å². The van der Waals surface area contributed by atoms with Crippen LogP contribution in [0.1, 0.15) is 20.9 Å². The van der Waals surface area contributed by atoms with E-state index < -0.39 is 0 Å². The maximum atomic E-state index is 11.9. The number of carbonyl (C=O) groups is 1. The minimum absolute atomic E-state index is 0.115. The van der Waals surface area contributed by atoms with Gasteiger partial charge < -0.3 is 10.4 Å². The zero-order chi connectivity index (χ0) is 12.3. The van der Waals surface area contributed by atoms with Crippen LogP contribution >= 0.6 is 11.5 Å². The molecule has 1 aromatic heterocycles. The van der Waals surface area contributed by atoms with Crippen molar-refractivity contribution in [3.63, 3.8) is 0 Å². The predicted molar refractivity (Wildman–Crippen MR) is 65.0 cm³/mol. The molecule has 0 fully saturated rings. The van der Waals surface area contributed by atoms with Crippen LogP contribution in [0.4, 0.5) is 5.69 Å². The molecular weight excluding hydrogens is 238 g/mol. The summed E-state index contributed by atoms with van der Waals surface area (Å²) in [5.41, 5.74) is 1.89. The summed E-state index contributed by atoms with van der Waals surface area (Å²) in [5, 5.41) is 15.7. The quantitative estimate of drug-likeness (QED) is 0.866. The average molecular weight is 249 g/mol. The van der Waals surface area contributed by atoms with Gasteiger partial charge in [0, 0.05) is 11.3 Å². The van der Waals surface area contributed by atoms with Crippen LogP contribution in [0.15, 0.2) is 24.3 Å². The Morgan fingerprint density at radius 2 is 2.24 bits per heavy atom. The first-order valence-electron chi connectivity index (χ1n) is 5.01. The number of aliphatic hydroxyl groups is 1. The molecule has 0 spiro atoms. The summed E-state index contributed by atoms with van der Waals surface area (Å²) in [4.78, 5) is 12.4. The zero-order valence-corrected chi connectivity index (χ0v) is 9.99. The fourth-order valence-corrected chi connectivity index (χ4v) is 1.95. The Balaban J connectivity index is 2.22. The van der Waals surface area contributed by atoms with Gasteiger partial charge in [0.2, 0.25) is 0 Å². The Labute approximate surface area is 102 Å². The molecule has 0 atom stereocenters. The highest BCUT2D eigenvalue weighted by Crippen LogP contribution is 2.17. The molecule has 0 bridgehead atoms. The van der Waals surface area contributed by atoms with Crippen molar-refractivity contribution in [2.24, 2.45) is 0 Å². The van der Waals surface area contributed by atoms with Gasteiger partial charge in [-0.05, 0) is 24.5 Å². The number of anilines is 1. The third kappa shape index (κ3) is 2.48. The fourth-order valence-electron chi connectivity index (χ4n) is 1.40. The number of hydrogen-bond donors (Lipinski definition) is 2. The minimum atomic E-state index is -0.251. The molecule has 0 aliphatic carbocycles. The first-order valence-corrected chi connectivity index (χ1v) is 5.78. The topological polar surface area (TPSA) is 75.1 Å². The molecular formula is C11H11N3O2S. The highest BCUT2D eigenvalue weighted by atomic mass is 32.1. The molecule has 1 amide bonds. The third-order valence-corrected chi connectivity index (χ3v) is 3.12. The van der Waals surface area contributed by atoms with Crippen LogP contribution in [-0.4, -0.2) is 20.6 Å². The van der Waals surface area contributed by atoms with Crippen molar-refractivity contribution in [3.05, 3.63) is 40.4 Å². The highest BCUT2D eigenvalue weighted by Gasteiger charge is 2.14. The van der Waals surface area contributed by atoms with E-state index in [1.165, 1.54) is 0 Å². The molecule has 1 heterocycles. The lowest BCUT2D eigenvalue weighted by Crippen LogP contribution is -2.13. The van der Waals surface area contributed by atoms with Crippen molar-refractivity contribution < 1.29 is 9.90 Å². The molecule has 2 rings (SSSR count). The Kier molecular flexibility index (Phi) is 3.46. The van der Waals surface area contributed by atoms with Crippen LogP contribution in [0.3, 0.4) is 0 Å². The van der Waals surface area contributed by atoms with Gasteiger partial charge in [0.05, 0.1) is 12.3 Å². The molecule has 17 heavy (non-hydrogen) atoms. The molecule has 0 aliphatic heterocycles. The average Bonchev–Trinajstić information content (AvgIpc) is 2.76. The summed E-state index contributed by atoms with van der Waals surface area (Å²) in [6.45, 7) is 1.62. The molecule has 0 aliphatic rings. The molecule has 1 aromatic carbocycles. The summed E-state index contributed by atoms with van der Waals surface area (Å²) >= 11 is 1.05. The summed E-state index contributed by atoms with van der Waals surface area (Å²) in [6, 6.07) is 7.11. The van der Waals surface area contributed by atoms with Crippen molar-refractivity contribution in [1.82, 2.24) is 9.59 Å². The van der Waals surface area contributed by atoms with Crippen molar-refractivity contribution in [2.75, 3.05) is 5.32 Å². The van der Waals surface area contributed by atoms with Crippen molar-refractivity contribution in [2.45, 2.75) is 13.5 Å². The second-order valence-corrected chi connectivity index (χ2v) is 4.21. The summed E-state index contributed by atoms with van der Waals surface area (Å²) in [6.07, 6.45) is 0. The summed E-state index contributed by atoms with van der Waals surface area (Å²) < 4.78 is 3.71. The first kappa shape index (κ1) is 11.7. The number of aliphatic hydroxyl groups excluding tert-OH is 1. The van der Waals surface area contributed by atoms with E-state index in [0.29, 0.717) is 21.8 Å². The molecule has 0 saturated carbocycles. The lowest BCUT2D eigenvalue weighted by Gasteiger charge is -2.07.